The lowest BCUT2D eigenvalue weighted by atomic mass is 9.98. The summed E-state index contributed by atoms with van der Waals surface area (Å²) >= 11 is 0. The molecule has 9 heteroatoms. The van der Waals surface area contributed by atoms with Gasteiger partial charge in [-0.2, -0.15) is 4.31 Å². The number of aromatic nitrogens is 4. The monoisotopic (exact) mass is 347 g/mol. The summed E-state index contributed by atoms with van der Waals surface area (Å²) in [5.41, 5.74) is 0.737. The zero-order valence-electron chi connectivity index (χ0n) is 12.8. The molecule has 126 valence electrons. The molecule has 1 saturated heterocycles. The molecule has 0 atom stereocenters. The van der Waals surface area contributed by atoms with Crippen molar-refractivity contribution in [3.8, 4) is 0 Å². The van der Waals surface area contributed by atoms with Crippen molar-refractivity contribution in [2.24, 2.45) is 0 Å². The number of piperidine rings is 1. The Morgan fingerprint density at radius 1 is 1.12 bits per heavy atom. The van der Waals surface area contributed by atoms with Gasteiger partial charge in [-0.25, -0.2) is 18.2 Å². The first-order valence-electron chi connectivity index (χ1n) is 7.75. The van der Waals surface area contributed by atoms with E-state index in [1.807, 2.05) is 0 Å². The molecule has 1 aliphatic heterocycles. The quantitative estimate of drug-likeness (QED) is 0.659. The van der Waals surface area contributed by atoms with E-state index in [0.29, 0.717) is 24.1 Å². The van der Waals surface area contributed by atoms with Gasteiger partial charge in [0.25, 0.3) is 0 Å². The number of nitrogens with one attached hydrogen (secondary N) is 3. The second-order valence-electron chi connectivity index (χ2n) is 5.94. The summed E-state index contributed by atoms with van der Waals surface area (Å²) in [6.45, 7) is 0.908. The molecule has 0 bridgehead atoms. The van der Waals surface area contributed by atoms with Crippen LogP contribution >= 0.6 is 0 Å². The fourth-order valence-electron chi connectivity index (χ4n) is 3.19. The first-order chi connectivity index (χ1) is 11.5. The first kappa shape index (κ1) is 15.2. The molecule has 3 heterocycles. The first-order valence-corrected chi connectivity index (χ1v) is 9.19. The number of sulfonamides is 1. The summed E-state index contributed by atoms with van der Waals surface area (Å²) in [7, 11) is -3.57. The Balaban J connectivity index is 1.57. The highest BCUT2D eigenvalue weighted by atomic mass is 32.2. The van der Waals surface area contributed by atoms with Gasteiger partial charge in [0.15, 0.2) is 0 Å². The third kappa shape index (κ3) is 2.55. The number of aromatic amines is 3. The standard InChI is InChI=1S/C15H17N5O3S/c21-15-18-12-2-1-11(9-13(12)19-15)24(22,23)20-7-3-10(4-8-20)14-16-5-6-17-14/h1-2,5-6,9-10H,3-4,7-8H2,(H,16,17)(H2,18,19,21). The van der Waals surface area contributed by atoms with E-state index >= 15 is 0 Å². The number of fused-ring (bicyclic) bond motifs is 1. The Kier molecular flexibility index (Phi) is 3.54. The number of imidazole rings is 2. The van der Waals surface area contributed by atoms with Gasteiger partial charge in [0, 0.05) is 31.4 Å². The molecule has 0 unspecified atom stereocenters. The summed E-state index contributed by atoms with van der Waals surface area (Å²) in [6, 6.07) is 4.64. The van der Waals surface area contributed by atoms with Gasteiger partial charge >= 0.3 is 5.69 Å². The van der Waals surface area contributed by atoms with Gasteiger partial charge in [-0.1, -0.05) is 0 Å². The highest BCUT2D eigenvalue weighted by Crippen LogP contribution is 2.29. The van der Waals surface area contributed by atoms with E-state index in [1.54, 1.807) is 18.5 Å². The normalized spacial score (nSPS) is 17.5. The fraction of sp³-hybridized carbons (Fsp3) is 0.333. The van der Waals surface area contributed by atoms with Crippen LogP contribution in [0, 0.1) is 0 Å². The number of hydrogen-bond acceptors (Lipinski definition) is 4. The SMILES string of the molecule is O=c1[nH]c2ccc(S(=O)(=O)N3CCC(c4ncc[nH]4)CC3)cc2[nH]1. The van der Waals surface area contributed by atoms with E-state index in [1.165, 1.54) is 16.4 Å². The van der Waals surface area contributed by atoms with Crippen molar-refractivity contribution >= 4 is 21.1 Å². The van der Waals surface area contributed by atoms with Crippen LogP contribution in [0.2, 0.25) is 0 Å². The molecular formula is C15H17N5O3S. The minimum absolute atomic E-state index is 0.196. The van der Waals surface area contributed by atoms with Crippen molar-refractivity contribution in [1.29, 1.82) is 0 Å². The van der Waals surface area contributed by atoms with Gasteiger partial charge in [0.05, 0.1) is 15.9 Å². The molecule has 24 heavy (non-hydrogen) atoms. The second kappa shape index (κ2) is 5.60. The molecule has 0 amide bonds. The lowest BCUT2D eigenvalue weighted by Gasteiger charge is -2.30. The Bertz CT molecular complexity index is 1010. The Labute approximate surface area is 138 Å². The molecule has 3 N–H and O–H groups in total. The highest BCUT2D eigenvalue weighted by Gasteiger charge is 2.30. The van der Waals surface area contributed by atoms with Gasteiger partial charge in [0.1, 0.15) is 5.82 Å². The van der Waals surface area contributed by atoms with Crippen LogP contribution in [0.5, 0.6) is 0 Å². The highest BCUT2D eigenvalue weighted by molar-refractivity contribution is 7.89. The Morgan fingerprint density at radius 3 is 2.58 bits per heavy atom. The number of H-pyrrole nitrogens is 3. The van der Waals surface area contributed by atoms with Crippen LogP contribution in [0.4, 0.5) is 0 Å². The van der Waals surface area contributed by atoms with Crippen LogP contribution in [0.15, 0.2) is 40.3 Å². The molecule has 0 aliphatic carbocycles. The molecule has 1 aromatic carbocycles. The van der Waals surface area contributed by atoms with Crippen LogP contribution in [0.1, 0.15) is 24.6 Å². The minimum Gasteiger partial charge on any atom is -0.348 e. The smallest absolute Gasteiger partial charge is 0.323 e. The molecule has 0 saturated carbocycles. The van der Waals surface area contributed by atoms with Gasteiger partial charge in [-0.3, -0.25) is 0 Å². The lowest BCUT2D eigenvalue weighted by Crippen LogP contribution is -2.38. The Morgan fingerprint density at radius 2 is 1.88 bits per heavy atom. The number of hydrogen-bond donors (Lipinski definition) is 3. The lowest BCUT2D eigenvalue weighted by molar-refractivity contribution is 0.314. The maximum Gasteiger partial charge on any atom is 0.323 e. The van der Waals surface area contributed by atoms with E-state index in [0.717, 1.165) is 18.7 Å². The van der Waals surface area contributed by atoms with Crippen LogP contribution in [0.25, 0.3) is 11.0 Å². The Hall–Kier alpha value is -2.39. The van der Waals surface area contributed by atoms with Crippen molar-refractivity contribution in [2.75, 3.05) is 13.1 Å². The van der Waals surface area contributed by atoms with Crippen molar-refractivity contribution in [2.45, 2.75) is 23.7 Å². The van der Waals surface area contributed by atoms with E-state index in [4.69, 9.17) is 0 Å². The number of nitrogens with zero attached hydrogens (tertiary/aromatic N) is 2. The van der Waals surface area contributed by atoms with E-state index in [2.05, 4.69) is 19.9 Å². The van der Waals surface area contributed by atoms with Crippen LogP contribution in [-0.4, -0.2) is 45.7 Å². The van der Waals surface area contributed by atoms with Gasteiger partial charge in [-0.15, -0.1) is 0 Å². The molecule has 0 spiro atoms. The number of rotatable bonds is 3. The maximum atomic E-state index is 12.8. The average Bonchev–Trinajstić information content (AvgIpc) is 3.22. The molecular weight excluding hydrogens is 330 g/mol. The van der Waals surface area contributed by atoms with Crippen LogP contribution < -0.4 is 5.69 Å². The summed E-state index contributed by atoms with van der Waals surface area (Å²) < 4.78 is 27.2. The largest absolute Gasteiger partial charge is 0.348 e. The molecule has 4 rings (SSSR count). The third-order valence-electron chi connectivity index (χ3n) is 4.49. The molecule has 1 aliphatic rings. The molecule has 1 fully saturated rings. The topological polar surface area (TPSA) is 115 Å². The van der Waals surface area contributed by atoms with Crippen LogP contribution in [0.3, 0.4) is 0 Å². The van der Waals surface area contributed by atoms with Crippen molar-refractivity contribution in [3.63, 3.8) is 0 Å². The summed E-state index contributed by atoms with van der Waals surface area (Å²) in [5, 5.41) is 0. The van der Waals surface area contributed by atoms with Gasteiger partial charge in [-0.05, 0) is 31.0 Å². The second-order valence-corrected chi connectivity index (χ2v) is 7.88. The fourth-order valence-corrected chi connectivity index (χ4v) is 4.69. The van der Waals surface area contributed by atoms with E-state index < -0.39 is 10.0 Å². The third-order valence-corrected chi connectivity index (χ3v) is 6.38. The maximum absolute atomic E-state index is 12.8. The summed E-state index contributed by atoms with van der Waals surface area (Å²) in [6.07, 6.45) is 4.96. The van der Waals surface area contributed by atoms with Gasteiger partial charge < -0.3 is 15.0 Å². The van der Waals surface area contributed by atoms with Gasteiger partial charge in [0.2, 0.25) is 10.0 Å². The number of benzene rings is 1. The van der Waals surface area contributed by atoms with Crippen molar-refractivity contribution in [1.82, 2.24) is 24.2 Å². The molecule has 0 radical (unpaired) electrons. The summed E-state index contributed by atoms with van der Waals surface area (Å²) in [4.78, 5) is 24.1. The molecule has 8 nitrogen and oxygen atoms in total. The zero-order valence-corrected chi connectivity index (χ0v) is 13.6. The van der Waals surface area contributed by atoms with Crippen molar-refractivity contribution in [3.05, 3.63) is 46.9 Å². The molecule has 3 aromatic rings. The van der Waals surface area contributed by atoms with E-state index in [9.17, 15) is 13.2 Å². The minimum atomic E-state index is -3.57. The zero-order chi connectivity index (χ0) is 16.7. The van der Waals surface area contributed by atoms with E-state index in [-0.39, 0.29) is 16.5 Å². The predicted molar refractivity (Wildman–Crippen MR) is 88.2 cm³/mol. The molecule has 2 aromatic heterocycles. The average molecular weight is 347 g/mol. The predicted octanol–water partition coefficient (Wildman–Crippen LogP) is 1.15. The van der Waals surface area contributed by atoms with Crippen LogP contribution in [-0.2, 0) is 10.0 Å². The summed E-state index contributed by atoms with van der Waals surface area (Å²) in [5.74, 6) is 1.17. The van der Waals surface area contributed by atoms with Crippen molar-refractivity contribution < 1.29 is 8.42 Å².